The first-order valence-corrected chi connectivity index (χ1v) is 12.3. The Labute approximate surface area is 206 Å². The predicted molar refractivity (Wildman–Crippen MR) is 139 cm³/mol. The summed E-state index contributed by atoms with van der Waals surface area (Å²) in [5, 5.41) is 5.88. The number of carbonyl (C=O) groups is 1. The lowest BCUT2D eigenvalue weighted by atomic mass is 10.1. The molecule has 4 aromatic rings. The highest BCUT2D eigenvalue weighted by Crippen LogP contribution is 2.35. The molecule has 0 spiro atoms. The van der Waals surface area contributed by atoms with Crippen LogP contribution in [0.4, 0.5) is 11.4 Å². The van der Waals surface area contributed by atoms with Crippen molar-refractivity contribution < 1.29 is 9.53 Å². The van der Waals surface area contributed by atoms with E-state index in [2.05, 4.69) is 38.8 Å². The summed E-state index contributed by atoms with van der Waals surface area (Å²) in [7, 11) is 0. The van der Waals surface area contributed by atoms with Crippen LogP contribution in [0.15, 0.2) is 73.2 Å². The lowest BCUT2D eigenvalue weighted by Crippen LogP contribution is -2.24. The van der Waals surface area contributed by atoms with Crippen molar-refractivity contribution in [3.63, 3.8) is 0 Å². The molecule has 0 radical (unpaired) electrons. The molecule has 5 rings (SSSR count). The number of ether oxygens (including phenoxy) is 1. The van der Waals surface area contributed by atoms with Gasteiger partial charge in [-0.1, -0.05) is 25.0 Å². The largest absolute Gasteiger partial charge is 0.456 e. The van der Waals surface area contributed by atoms with Gasteiger partial charge in [-0.15, -0.1) is 0 Å². The Bertz CT molecular complexity index is 1320. The van der Waals surface area contributed by atoms with Gasteiger partial charge in [0.25, 0.3) is 0 Å². The summed E-state index contributed by atoms with van der Waals surface area (Å²) in [6.45, 7) is 6.26. The molecule has 2 aromatic heterocycles. The molecule has 1 aliphatic carbocycles. The van der Waals surface area contributed by atoms with Crippen LogP contribution in [0.3, 0.4) is 0 Å². The van der Waals surface area contributed by atoms with Crippen molar-refractivity contribution >= 4 is 28.2 Å². The molecule has 0 bridgehead atoms. The Morgan fingerprint density at radius 1 is 1.03 bits per heavy atom. The molecule has 2 heterocycles. The van der Waals surface area contributed by atoms with E-state index in [0.29, 0.717) is 18.2 Å². The molecule has 6 heteroatoms. The van der Waals surface area contributed by atoms with E-state index in [1.807, 2.05) is 57.4 Å². The SMILES string of the molecule is CC(C)(C)OC(=O)c1cccc(N(Cc2cccnc2)c2ccc3cnn(C4CCCC4)c3c2)c1. The molecule has 2 aromatic carbocycles. The third kappa shape index (κ3) is 5.21. The van der Waals surface area contributed by atoms with Crippen LogP contribution < -0.4 is 4.90 Å². The van der Waals surface area contributed by atoms with Crippen molar-refractivity contribution in [2.24, 2.45) is 0 Å². The minimum atomic E-state index is -0.549. The van der Waals surface area contributed by atoms with Crippen LogP contribution in [0.1, 0.15) is 68.4 Å². The van der Waals surface area contributed by atoms with Crippen LogP contribution in [-0.4, -0.2) is 26.3 Å². The van der Waals surface area contributed by atoms with Crippen molar-refractivity contribution in [1.82, 2.24) is 14.8 Å². The fourth-order valence-corrected chi connectivity index (χ4v) is 4.78. The second-order valence-corrected chi connectivity index (χ2v) is 10.3. The van der Waals surface area contributed by atoms with Gasteiger partial charge in [0.1, 0.15) is 5.60 Å². The highest BCUT2D eigenvalue weighted by molar-refractivity contribution is 5.91. The summed E-state index contributed by atoms with van der Waals surface area (Å²) in [5.41, 5.74) is 4.18. The number of esters is 1. The second kappa shape index (κ2) is 9.53. The van der Waals surface area contributed by atoms with Crippen LogP contribution >= 0.6 is 0 Å². The standard InChI is InChI=1S/C29H32N4O2/c1-29(2,3)35-28(34)22-9-6-12-25(16-22)32(20-21-8-7-15-30-18-21)26-14-13-23-19-31-33(27(23)17-26)24-10-4-5-11-24/h6-9,12-19,24H,4-5,10-11,20H2,1-3H3. The molecular weight excluding hydrogens is 436 g/mol. The minimum absolute atomic E-state index is 0.324. The van der Waals surface area contributed by atoms with Gasteiger partial charge in [-0.3, -0.25) is 9.67 Å². The number of hydrogen-bond donors (Lipinski definition) is 0. The van der Waals surface area contributed by atoms with Gasteiger partial charge >= 0.3 is 5.97 Å². The van der Waals surface area contributed by atoms with Crippen molar-refractivity contribution in [2.75, 3.05) is 4.90 Å². The maximum Gasteiger partial charge on any atom is 0.338 e. The zero-order valence-corrected chi connectivity index (χ0v) is 20.6. The van der Waals surface area contributed by atoms with Gasteiger partial charge in [0, 0.05) is 35.7 Å². The number of carbonyl (C=O) groups excluding carboxylic acids is 1. The molecule has 6 nitrogen and oxygen atoms in total. The summed E-state index contributed by atoms with van der Waals surface area (Å²) >= 11 is 0. The van der Waals surface area contributed by atoms with Gasteiger partial charge in [-0.2, -0.15) is 5.10 Å². The van der Waals surface area contributed by atoms with Gasteiger partial charge in [0.2, 0.25) is 0 Å². The average Bonchev–Trinajstić information content (AvgIpc) is 3.52. The van der Waals surface area contributed by atoms with E-state index >= 15 is 0 Å². The van der Waals surface area contributed by atoms with Crippen LogP contribution in [-0.2, 0) is 11.3 Å². The number of rotatable bonds is 6. The van der Waals surface area contributed by atoms with Gasteiger partial charge in [0.05, 0.1) is 23.3 Å². The summed E-state index contributed by atoms with van der Waals surface area (Å²) in [4.78, 5) is 19.3. The topological polar surface area (TPSA) is 60.2 Å². The smallest absolute Gasteiger partial charge is 0.338 e. The maximum absolute atomic E-state index is 12.8. The first-order valence-electron chi connectivity index (χ1n) is 12.3. The summed E-state index contributed by atoms with van der Waals surface area (Å²) < 4.78 is 7.82. The average molecular weight is 469 g/mol. The molecule has 0 saturated heterocycles. The van der Waals surface area contributed by atoms with E-state index in [9.17, 15) is 4.79 Å². The zero-order valence-electron chi connectivity index (χ0n) is 20.6. The summed E-state index contributed by atoms with van der Waals surface area (Å²) in [6.07, 6.45) is 10.5. The van der Waals surface area contributed by atoms with Crippen LogP contribution in [0.2, 0.25) is 0 Å². The quantitative estimate of drug-likeness (QED) is 0.290. The van der Waals surface area contributed by atoms with Crippen molar-refractivity contribution in [3.8, 4) is 0 Å². The normalized spacial score (nSPS) is 14.4. The number of benzene rings is 2. The maximum atomic E-state index is 12.8. The van der Waals surface area contributed by atoms with Gasteiger partial charge in [-0.25, -0.2) is 4.79 Å². The lowest BCUT2D eigenvalue weighted by molar-refractivity contribution is 0.00695. The van der Waals surface area contributed by atoms with E-state index in [-0.39, 0.29) is 5.97 Å². The van der Waals surface area contributed by atoms with Crippen LogP contribution in [0, 0.1) is 0 Å². The molecule has 1 saturated carbocycles. The predicted octanol–water partition coefficient (Wildman–Crippen LogP) is 6.84. The van der Waals surface area contributed by atoms with E-state index in [0.717, 1.165) is 27.8 Å². The molecule has 0 atom stereocenters. The van der Waals surface area contributed by atoms with Gasteiger partial charge < -0.3 is 9.64 Å². The van der Waals surface area contributed by atoms with Gasteiger partial charge in [-0.05, 0) is 81.6 Å². The molecule has 0 aliphatic heterocycles. The number of fused-ring (bicyclic) bond motifs is 1. The Morgan fingerprint density at radius 2 is 1.83 bits per heavy atom. The molecule has 0 N–H and O–H groups in total. The highest BCUT2D eigenvalue weighted by Gasteiger charge is 2.22. The molecule has 180 valence electrons. The van der Waals surface area contributed by atoms with Gasteiger partial charge in [0.15, 0.2) is 0 Å². The number of nitrogens with zero attached hydrogens (tertiary/aromatic N) is 4. The second-order valence-electron chi connectivity index (χ2n) is 10.3. The molecule has 0 amide bonds. The van der Waals surface area contributed by atoms with Crippen LogP contribution in [0.25, 0.3) is 10.9 Å². The lowest BCUT2D eigenvalue weighted by Gasteiger charge is -2.26. The molecule has 0 unspecified atom stereocenters. The molecule has 35 heavy (non-hydrogen) atoms. The monoisotopic (exact) mass is 468 g/mol. The Balaban J connectivity index is 1.55. The third-order valence-corrected chi connectivity index (χ3v) is 6.42. The number of hydrogen-bond acceptors (Lipinski definition) is 5. The summed E-state index contributed by atoms with van der Waals surface area (Å²) in [6, 6.07) is 18.6. The fraction of sp³-hybridized carbons (Fsp3) is 0.345. The van der Waals surface area contributed by atoms with E-state index in [1.165, 1.54) is 25.7 Å². The summed E-state index contributed by atoms with van der Waals surface area (Å²) in [5.74, 6) is -0.324. The first-order chi connectivity index (χ1) is 16.9. The van der Waals surface area contributed by atoms with E-state index in [1.54, 1.807) is 12.3 Å². The number of aromatic nitrogens is 3. The van der Waals surface area contributed by atoms with Crippen molar-refractivity contribution in [2.45, 2.75) is 64.6 Å². The molecule has 1 aliphatic rings. The molecule has 1 fully saturated rings. The number of anilines is 2. The minimum Gasteiger partial charge on any atom is -0.456 e. The third-order valence-electron chi connectivity index (χ3n) is 6.42. The zero-order chi connectivity index (χ0) is 24.4. The van der Waals surface area contributed by atoms with E-state index < -0.39 is 5.60 Å². The highest BCUT2D eigenvalue weighted by atomic mass is 16.6. The van der Waals surface area contributed by atoms with Crippen molar-refractivity contribution in [1.29, 1.82) is 0 Å². The first kappa shape index (κ1) is 23.1. The van der Waals surface area contributed by atoms with Crippen LogP contribution in [0.5, 0.6) is 0 Å². The Morgan fingerprint density at radius 3 is 2.57 bits per heavy atom. The van der Waals surface area contributed by atoms with Crippen molar-refractivity contribution in [3.05, 3.63) is 84.3 Å². The molecular formula is C29H32N4O2. The fourth-order valence-electron chi connectivity index (χ4n) is 4.78. The number of pyridine rings is 1. The Kier molecular flexibility index (Phi) is 6.29. The van der Waals surface area contributed by atoms with E-state index in [4.69, 9.17) is 9.84 Å². The Hall–Kier alpha value is -3.67.